The predicted octanol–water partition coefficient (Wildman–Crippen LogP) is 1.55. The molecule has 4 rings (SSSR count). The number of aromatic amines is 1. The van der Waals surface area contributed by atoms with Gasteiger partial charge in [-0.25, -0.2) is 4.98 Å². The SMILES string of the molecule is C[C@@H](C(=O)NC[C@@H]1CCCO1)N1CCC(c2nc(C3CC3)n[nH]2)CC1. The van der Waals surface area contributed by atoms with Crippen LogP contribution >= 0.6 is 0 Å². The minimum Gasteiger partial charge on any atom is -0.376 e. The Morgan fingerprint density at radius 3 is 2.76 bits per heavy atom. The van der Waals surface area contributed by atoms with Crippen molar-refractivity contribution >= 4 is 5.91 Å². The van der Waals surface area contributed by atoms with Crippen LogP contribution in [-0.4, -0.2) is 64.4 Å². The van der Waals surface area contributed by atoms with E-state index in [1.54, 1.807) is 0 Å². The molecule has 2 N–H and O–H groups in total. The third-order valence-corrected chi connectivity index (χ3v) is 5.83. The number of carbonyl (C=O) groups is 1. The molecule has 3 aliphatic rings. The lowest BCUT2D eigenvalue weighted by molar-refractivity contribution is -0.126. The van der Waals surface area contributed by atoms with Gasteiger partial charge in [0.15, 0.2) is 5.82 Å². The Labute approximate surface area is 148 Å². The van der Waals surface area contributed by atoms with Gasteiger partial charge in [0.1, 0.15) is 5.82 Å². The average molecular weight is 347 g/mol. The Hall–Kier alpha value is -1.47. The second kappa shape index (κ2) is 7.41. The third-order valence-electron chi connectivity index (χ3n) is 5.83. The standard InChI is InChI=1S/C18H29N5O2/c1-12(18(24)19-11-15-3-2-10-25-15)23-8-6-14(7-9-23)17-20-16(21-22-17)13-4-5-13/h12-15H,2-11H2,1H3,(H,19,24)(H,20,21,22)/t12-,15-/m0/s1. The van der Waals surface area contributed by atoms with Crippen LogP contribution in [0.1, 0.15) is 68.9 Å². The number of rotatable bonds is 6. The van der Waals surface area contributed by atoms with Crippen LogP contribution in [0, 0.1) is 0 Å². The highest BCUT2D eigenvalue weighted by Crippen LogP contribution is 2.38. The van der Waals surface area contributed by atoms with Gasteiger partial charge in [0.25, 0.3) is 0 Å². The van der Waals surface area contributed by atoms with Crippen LogP contribution in [0.4, 0.5) is 0 Å². The van der Waals surface area contributed by atoms with Crippen molar-refractivity contribution in [2.45, 2.75) is 69.4 Å². The van der Waals surface area contributed by atoms with Crippen molar-refractivity contribution in [2.24, 2.45) is 0 Å². The van der Waals surface area contributed by atoms with E-state index in [4.69, 9.17) is 9.72 Å². The summed E-state index contributed by atoms with van der Waals surface area (Å²) < 4.78 is 5.57. The Morgan fingerprint density at radius 1 is 1.28 bits per heavy atom. The molecule has 7 nitrogen and oxygen atoms in total. The third kappa shape index (κ3) is 4.03. The van der Waals surface area contributed by atoms with E-state index >= 15 is 0 Å². The molecule has 1 aromatic heterocycles. The summed E-state index contributed by atoms with van der Waals surface area (Å²) in [6.45, 7) is 5.33. The normalized spacial score (nSPS) is 26.7. The van der Waals surface area contributed by atoms with Gasteiger partial charge in [-0.2, -0.15) is 5.10 Å². The van der Waals surface area contributed by atoms with E-state index < -0.39 is 0 Å². The van der Waals surface area contributed by atoms with Crippen LogP contribution in [0.3, 0.4) is 0 Å². The highest BCUT2D eigenvalue weighted by atomic mass is 16.5. The molecule has 1 aromatic rings. The van der Waals surface area contributed by atoms with Crippen LogP contribution in [0.15, 0.2) is 0 Å². The molecule has 3 heterocycles. The fourth-order valence-corrected chi connectivity index (χ4v) is 3.89. The molecule has 25 heavy (non-hydrogen) atoms. The molecule has 7 heteroatoms. The fourth-order valence-electron chi connectivity index (χ4n) is 3.89. The van der Waals surface area contributed by atoms with Crippen molar-refractivity contribution in [1.29, 1.82) is 0 Å². The van der Waals surface area contributed by atoms with Crippen LogP contribution in [0.2, 0.25) is 0 Å². The van der Waals surface area contributed by atoms with E-state index in [0.29, 0.717) is 18.4 Å². The highest BCUT2D eigenvalue weighted by Gasteiger charge is 2.31. The number of hydrogen-bond donors (Lipinski definition) is 2. The summed E-state index contributed by atoms with van der Waals surface area (Å²) in [5, 5.41) is 10.6. The zero-order valence-corrected chi connectivity index (χ0v) is 15.0. The number of nitrogens with one attached hydrogen (secondary N) is 2. The summed E-state index contributed by atoms with van der Waals surface area (Å²) >= 11 is 0. The number of H-pyrrole nitrogens is 1. The van der Waals surface area contributed by atoms with Gasteiger partial charge in [-0.3, -0.25) is 14.8 Å². The molecule has 1 saturated carbocycles. The van der Waals surface area contributed by atoms with E-state index in [1.165, 1.54) is 12.8 Å². The lowest BCUT2D eigenvalue weighted by Gasteiger charge is -2.34. The van der Waals surface area contributed by atoms with Gasteiger partial charge in [0, 0.05) is 25.0 Å². The number of piperidine rings is 1. The van der Waals surface area contributed by atoms with Crippen molar-refractivity contribution in [2.75, 3.05) is 26.2 Å². The Morgan fingerprint density at radius 2 is 2.08 bits per heavy atom. The topological polar surface area (TPSA) is 83.1 Å². The quantitative estimate of drug-likeness (QED) is 0.816. The number of hydrogen-bond acceptors (Lipinski definition) is 5. The van der Waals surface area contributed by atoms with Gasteiger partial charge >= 0.3 is 0 Å². The van der Waals surface area contributed by atoms with Crippen molar-refractivity contribution in [3.63, 3.8) is 0 Å². The Bertz CT molecular complexity index is 586. The van der Waals surface area contributed by atoms with E-state index in [-0.39, 0.29) is 18.1 Å². The molecule has 2 atom stereocenters. The summed E-state index contributed by atoms with van der Waals surface area (Å²) in [7, 11) is 0. The minimum atomic E-state index is -0.0842. The van der Waals surface area contributed by atoms with Gasteiger partial charge in [0.05, 0.1) is 12.1 Å². The second-order valence-electron chi connectivity index (χ2n) is 7.72. The summed E-state index contributed by atoms with van der Waals surface area (Å²) in [5.74, 6) is 3.19. The minimum absolute atomic E-state index is 0.0842. The molecule has 0 unspecified atom stereocenters. The Balaban J connectivity index is 1.23. The number of carbonyl (C=O) groups excluding carboxylic acids is 1. The number of aromatic nitrogens is 3. The number of amides is 1. The van der Waals surface area contributed by atoms with Crippen molar-refractivity contribution < 1.29 is 9.53 Å². The number of ether oxygens (including phenoxy) is 1. The lowest BCUT2D eigenvalue weighted by atomic mass is 9.95. The molecule has 0 spiro atoms. The van der Waals surface area contributed by atoms with E-state index in [2.05, 4.69) is 20.4 Å². The molecule has 2 aliphatic heterocycles. The van der Waals surface area contributed by atoms with Crippen molar-refractivity contribution in [1.82, 2.24) is 25.4 Å². The zero-order valence-electron chi connectivity index (χ0n) is 15.0. The van der Waals surface area contributed by atoms with Gasteiger partial charge in [-0.15, -0.1) is 0 Å². The van der Waals surface area contributed by atoms with E-state index in [9.17, 15) is 4.79 Å². The first kappa shape index (κ1) is 17.0. The molecule has 3 fully saturated rings. The van der Waals surface area contributed by atoms with Gasteiger partial charge < -0.3 is 10.1 Å². The highest BCUT2D eigenvalue weighted by molar-refractivity contribution is 5.81. The van der Waals surface area contributed by atoms with Gasteiger partial charge in [-0.1, -0.05) is 0 Å². The Kier molecular flexibility index (Phi) is 5.03. The average Bonchev–Trinajstić information content (AvgIpc) is 3.15. The molecular weight excluding hydrogens is 318 g/mol. The molecule has 0 aromatic carbocycles. The van der Waals surface area contributed by atoms with E-state index in [1.807, 2.05) is 6.92 Å². The monoisotopic (exact) mass is 347 g/mol. The van der Waals surface area contributed by atoms with Crippen LogP contribution in [0.25, 0.3) is 0 Å². The molecule has 1 aliphatic carbocycles. The zero-order chi connectivity index (χ0) is 17.2. The van der Waals surface area contributed by atoms with Crippen LogP contribution in [0.5, 0.6) is 0 Å². The fraction of sp³-hybridized carbons (Fsp3) is 0.833. The summed E-state index contributed by atoms with van der Waals surface area (Å²) in [6, 6.07) is -0.0842. The predicted molar refractivity (Wildman–Crippen MR) is 93.4 cm³/mol. The summed E-state index contributed by atoms with van der Waals surface area (Å²) in [4.78, 5) is 19.4. The maximum atomic E-state index is 12.4. The number of likely N-dealkylation sites (tertiary alicyclic amines) is 1. The molecule has 0 bridgehead atoms. The first-order chi connectivity index (χ1) is 12.2. The smallest absolute Gasteiger partial charge is 0.237 e. The first-order valence-electron chi connectivity index (χ1n) is 9.76. The maximum absolute atomic E-state index is 12.4. The summed E-state index contributed by atoms with van der Waals surface area (Å²) in [5.41, 5.74) is 0. The summed E-state index contributed by atoms with van der Waals surface area (Å²) in [6.07, 6.45) is 6.88. The van der Waals surface area contributed by atoms with Crippen LogP contribution in [-0.2, 0) is 9.53 Å². The maximum Gasteiger partial charge on any atom is 0.237 e. The number of nitrogens with zero attached hydrogens (tertiary/aromatic N) is 3. The second-order valence-corrected chi connectivity index (χ2v) is 7.72. The lowest BCUT2D eigenvalue weighted by Crippen LogP contribution is -2.49. The first-order valence-corrected chi connectivity index (χ1v) is 9.76. The molecule has 1 amide bonds. The van der Waals surface area contributed by atoms with Crippen molar-refractivity contribution in [3.05, 3.63) is 11.6 Å². The molecule has 0 radical (unpaired) electrons. The van der Waals surface area contributed by atoms with Crippen LogP contribution < -0.4 is 5.32 Å². The molecule has 2 saturated heterocycles. The van der Waals surface area contributed by atoms with E-state index in [0.717, 1.165) is 57.0 Å². The van der Waals surface area contributed by atoms with Crippen molar-refractivity contribution in [3.8, 4) is 0 Å². The molecule has 138 valence electrons. The van der Waals surface area contributed by atoms with Gasteiger partial charge in [0.2, 0.25) is 5.91 Å². The van der Waals surface area contributed by atoms with Gasteiger partial charge in [-0.05, 0) is 58.5 Å². The largest absolute Gasteiger partial charge is 0.376 e. The molecular formula is C18H29N5O2.